The Morgan fingerprint density at radius 1 is 1.37 bits per heavy atom. The molecule has 1 rings (SSSR count). The minimum Gasteiger partial charge on any atom is -0.395 e. The molecular weight excluding hydrogens is 262 g/mol. The van der Waals surface area contributed by atoms with Crippen LogP contribution >= 0.6 is 0 Å². The predicted octanol–water partition coefficient (Wildman–Crippen LogP) is 1.25. The summed E-state index contributed by atoms with van der Waals surface area (Å²) in [6, 6.07) is 7.39. The standard InChI is InChI=1S/C14H19NO3S/c1-2-10-19(17,18)15-12-14-8-5-7-13(11-14)6-3-4-9-16/h5,7-8,11,15-16H,2,4,9-10,12H2,1H3. The van der Waals surface area contributed by atoms with E-state index in [4.69, 9.17) is 5.11 Å². The van der Waals surface area contributed by atoms with E-state index in [0.29, 0.717) is 12.8 Å². The summed E-state index contributed by atoms with van der Waals surface area (Å²) in [5.41, 5.74) is 1.69. The maximum atomic E-state index is 11.5. The van der Waals surface area contributed by atoms with Gasteiger partial charge in [0.05, 0.1) is 12.4 Å². The van der Waals surface area contributed by atoms with Crippen LogP contribution < -0.4 is 4.72 Å². The smallest absolute Gasteiger partial charge is 0.211 e. The molecule has 1 aromatic rings. The van der Waals surface area contributed by atoms with Crippen molar-refractivity contribution < 1.29 is 13.5 Å². The molecule has 19 heavy (non-hydrogen) atoms. The van der Waals surface area contributed by atoms with E-state index < -0.39 is 10.0 Å². The number of aliphatic hydroxyl groups is 1. The van der Waals surface area contributed by atoms with Crippen LogP contribution in [0.1, 0.15) is 30.9 Å². The summed E-state index contributed by atoms with van der Waals surface area (Å²) in [7, 11) is -3.18. The average Bonchev–Trinajstić information content (AvgIpc) is 2.37. The molecule has 0 spiro atoms. The van der Waals surface area contributed by atoms with Gasteiger partial charge in [-0.15, -0.1) is 0 Å². The quantitative estimate of drug-likeness (QED) is 0.771. The Kier molecular flexibility index (Phi) is 6.57. The summed E-state index contributed by atoms with van der Waals surface area (Å²) >= 11 is 0. The Balaban J connectivity index is 2.66. The van der Waals surface area contributed by atoms with E-state index in [9.17, 15) is 8.42 Å². The molecule has 0 aromatic heterocycles. The lowest BCUT2D eigenvalue weighted by Crippen LogP contribution is -2.25. The van der Waals surface area contributed by atoms with Gasteiger partial charge in [0.15, 0.2) is 0 Å². The molecule has 104 valence electrons. The number of rotatable bonds is 6. The van der Waals surface area contributed by atoms with Gasteiger partial charge in [0, 0.05) is 18.5 Å². The van der Waals surface area contributed by atoms with Crippen molar-refractivity contribution >= 4 is 10.0 Å². The lowest BCUT2D eigenvalue weighted by molar-refractivity contribution is 0.305. The van der Waals surface area contributed by atoms with Gasteiger partial charge in [-0.1, -0.05) is 30.9 Å². The topological polar surface area (TPSA) is 66.4 Å². The van der Waals surface area contributed by atoms with Gasteiger partial charge < -0.3 is 5.11 Å². The van der Waals surface area contributed by atoms with Crippen LogP contribution in [0.25, 0.3) is 0 Å². The summed E-state index contributed by atoms with van der Waals surface area (Å²) in [6.07, 6.45) is 1.04. The van der Waals surface area contributed by atoms with E-state index in [-0.39, 0.29) is 18.9 Å². The van der Waals surface area contributed by atoms with Crippen LogP contribution in [0.3, 0.4) is 0 Å². The van der Waals surface area contributed by atoms with Crippen molar-refractivity contribution in [1.82, 2.24) is 4.72 Å². The molecule has 2 N–H and O–H groups in total. The molecule has 0 heterocycles. The van der Waals surface area contributed by atoms with Gasteiger partial charge in [-0.2, -0.15) is 0 Å². The Morgan fingerprint density at radius 3 is 2.84 bits per heavy atom. The van der Waals surface area contributed by atoms with E-state index >= 15 is 0 Å². The number of hydrogen-bond acceptors (Lipinski definition) is 3. The fourth-order valence-corrected chi connectivity index (χ4v) is 2.58. The second-order valence-electron chi connectivity index (χ2n) is 4.12. The Morgan fingerprint density at radius 2 is 2.16 bits per heavy atom. The highest BCUT2D eigenvalue weighted by Crippen LogP contribution is 2.05. The molecule has 0 atom stereocenters. The van der Waals surface area contributed by atoms with Gasteiger partial charge in [-0.3, -0.25) is 0 Å². The second kappa shape index (κ2) is 7.95. The Hall–Kier alpha value is -1.35. The molecule has 1 aromatic carbocycles. The van der Waals surface area contributed by atoms with E-state index in [1.807, 2.05) is 31.2 Å². The SMILES string of the molecule is CCCS(=O)(=O)NCc1cccc(C#CCCO)c1. The van der Waals surface area contributed by atoms with E-state index in [0.717, 1.165) is 11.1 Å². The molecule has 0 saturated carbocycles. The summed E-state index contributed by atoms with van der Waals surface area (Å²) in [4.78, 5) is 0. The molecule has 0 saturated heterocycles. The van der Waals surface area contributed by atoms with Crippen molar-refractivity contribution in [3.05, 3.63) is 35.4 Å². The van der Waals surface area contributed by atoms with Gasteiger partial charge >= 0.3 is 0 Å². The minimum atomic E-state index is -3.18. The van der Waals surface area contributed by atoms with Crippen LogP contribution in [0.4, 0.5) is 0 Å². The second-order valence-corrected chi connectivity index (χ2v) is 6.04. The largest absolute Gasteiger partial charge is 0.395 e. The molecule has 0 aliphatic carbocycles. The van der Waals surface area contributed by atoms with Gasteiger partial charge in [0.2, 0.25) is 10.0 Å². The van der Waals surface area contributed by atoms with Gasteiger partial charge in [0.25, 0.3) is 0 Å². The third kappa shape index (κ3) is 6.39. The molecule has 0 fully saturated rings. The molecular formula is C14H19NO3S. The number of benzene rings is 1. The first-order chi connectivity index (χ1) is 9.07. The monoisotopic (exact) mass is 281 g/mol. The maximum absolute atomic E-state index is 11.5. The van der Waals surface area contributed by atoms with Crippen molar-refractivity contribution in [2.75, 3.05) is 12.4 Å². The average molecular weight is 281 g/mol. The first kappa shape index (κ1) is 15.7. The third-order valence-corrected chi connectivity index (χ3v) is 3.90. The fraction of sp³-hybridized carbons (Fsp3) is 0.429. The Bertz CT molecular complexity index is 556. The highest BCUT2D eigenvalue weighted by molar-refractivity contribution is 7.89. The Labute approximate surface area is 114 Å². The molecule has 0 amide bonds. The summed E-state index contributed by atoms with van der Waals surface area (Å²) in [5, 5.41) is 8.64. The van der Waals surface area contributed by atoms with E-state index in [1.54, 1.807) is 0 Å². The zero-order valence-electron chi connectivity index (χ0n) is 11.0. The van der Waals surface area contributed by atoms with Crippen molar-refractivity contribution in [2.24, 2.45) is 0 Å². The van der Waals surface area contributed by atoms with Gasteiger partial charge in [-0.25, -0.2) is 13.1 Å². The normalized spacial score (nSPS) is 10.8. The fourth-order valence-electron chi connectivity index (χ4n) is 1.51. The van der Waals surface area contributed by atoms with Crippen LogP contribution in [0.2, 0.25) is 0 Å². The molecule has 0 aliphatic heterocycles. The van der Waals surface area contributed by atoms with Crippen LogP contribution in [-0.4, -0.2) is 25.9 Å². The first-order valence-electron chi connectivity index (χ1n) is 6.23. The lowest BCUT2D eigenvalue weighted by atomic mass is 10.1. The predicted molar refractivity (Wildman–Crippen MR) is 75.9 cm³/mol. The number of aliphatic hydroxyl groups excluding tert-OH is 1. The molecule has 5 heteroatoms. The van der Waals surface area contributed by atoms with Crippen LogP contribution in [0.15, 0.2) is 24.3 Å². The molecule has 0 aliphatic rings. The van der Waals surface area contributed by atoms with Gasteiger partial charge in [0.1, 0.15) is 0 Å². The minimum absolute atomic E-state index is 0.0451. The number of nitrogens with one attached hydrogen (secondary N) is 1. The molecule has 0 unspecified atom stereocenters. The lowest BCUT2D eigenvalue weighted by Gasteiger charge is -2.05. The number of hydrogen-bond donors (Lipinski definition) is 2. The highest BCUT2D eigenvalue weighted by atomic mass is 32.2. The molecule has 0 bridgehead atoms. The number of sulfonamides is 1. The van der Waals surface area contributed by atoms with Crippen molar-refractivity contribution in [3.8, 4) is 11.8 Å². The van der Waals surface area contributed by atoms with Crippen LogP contribution in [0, 0.1) is 11.8 Å². The van der Waals surface area contributed by atoms with Crippen molar-refractivity contribution in [3.63, 3.8) is 0 Å². The molecule has 0 radical (unpaired) electrons. The van der Waals surface area contributed by atoms with E-state index in [1.165, 1.54) is 0 Å². The van der Waals surface area contributed by atoms with Crippen molar-refractivity contribution in [1.29, 1.82) is 0 Å². The van der Waals surface area contributed by atoms with Crippen LogP contribution in [0.5, 0.6) is 0 Å². The van der Waals surface area contributed by atoms with E-state index in [2.05, 4.69) is 16.6 Å². The van der Waals surface area contributed by atoms with Gasteiger partial charge in [-0.05, 0) is 24.1 Å². The van der Waals surface area contributed by atoms with Crippen LogP contribution in [-0.2, 0) is 16.6 Å². The maximum Gasteiger partial charge on any atom is 0.211 e. The summed E-state index contributed by atoms with van der Waals surface area (Å²) < 4.78 is 25.6. The zero-order valence-corrected chi connectivity index (χ0v) is 11.8. The third-order valence-electron chi connectivity index (χ3n) is 2.37. The first-order valence-corrected chi connectivity index (χ1v) is 7.88. The van der Waals surface area contributed by atoms with Crippen molar-refractivity contribution in [2.45, 2.75) is 26.3 Å². The molecule has 4 nitrogen and oxygen atoms in total. The highest BCUT2D eigenvalue weighted by Gasteiger charge is 2.07. The zero-order chi connectivity index (χ0) is 14.1. The summed E-state index contributed by atoms with van der Waals surface area (Å²) in [6.45, 7) is 2.15. The summed E-state index contributed by atoms with van der Waals surface area (Å²) in [5.74, 6) is 5.90.